The van der Waals surface area contributed by atoms with E-state index in [0.29, 0.717) is 11.9 Å². The van der Waals surface area contributed by atoms with E-state index in [1.165, 1.54) is 12.8 Å². The number of nitrogens with one attached hydrogen (secondary N) is 1. The summed E-state index contributed by atoms with van der Waals surface area (Å²) in [7, 11) is 2.04. The monoisotopic (exact) mass is 318 g/mol. The van der Waals surface area contributed by atoms with Crippen molar-refractivity contribution in [2.24, 2.45) is 18.9 Å². The predicted octanol–water partition coefficient (Wildman–Crippen LogP) is 2.33. The van der Waals surface area contributed by atoms with Gasteiger partial charge in [-0.2, -0.15) is 0 Å². The van der Waals surface area contributed by atoms with Gasteiger partial charge in [-0.25, -0.2) is 4.98 Å². The first-order valence-corrected chi connectivity index (χ1v) is 9.10. The molecule has 0 unspecified atom stereocenters. The molecule has 1 aliphatic heterocycles. The van der Waals surface area contributed by atoms with Gasteiger partial charge in [-0.1, -0.05) is 19.8 Å². The summed E-state index contributed by atoms with van der Waals surface area (Å²) in [5.41, 5.74) is 0. The molecule has 1 saturated heterocycles. The van der Waals surface area contributed by atoms with Crippen molar-refractivity contribution in [3.05, 3.63) is 18.2 Å². The van der Waals surface area contributed by atoms with Crippen molar-refractivity contribution < 1.29 is 4.79 Å². The highest BCUT2D eigenvalue weighted by molar-refractivity contribution is 5.79. The second-order valence-electron chi connectivity index (χ2n) is 7.48. The van der Waals surface area contributed by atoms with Crippen LogP contribution in [0.1, 0.15) is 51.3 Å². The zero-order valence-corrected chi connectivity index (χ0v) is 14.5. The van der Waals surface area contributed by atoms with Crippen LogP contribution in [0, 0.1) is 11.8 Å². The van der Waals surface area contributed by atoms with E-state index < -0.39 is 0 Å². The van der Waals surface area contributed by atoms with Crippen LogP contribution in [0.3, 0.4) is 0 Å². The smallest absolute Gasteiger partial charge is 0.223 e. The predicted molar refractivity (Wildman–Crippen MR) is 90.8 cm³/mol. The topological polar surface area (TPSA) is 50.2 Å². The second-order valence-corrected chi connectivity index (χ2v) is 7.48. The fourth-order valence-electron chi connectivity index (χ4n) is 3.99. The lowest BCUT2D eigenvalue weighted by Crippen LogP contribution is -2.45. The molecule has 23 heavy (non-hydrogen) atoms. The van der Waals surface area contributed by atoms with E-state index >= 15 is 0 Å². The quantitative estimate of drug-likeness (QED) is 0.927. The number of amides is 1. The van der Waals surface area contributed by atoms with Gasteiger partial charge >= 0.3 is 0 Å². The van der Waals surface area contributed by atoms with Crippen LogP contribution in [0.2, 0.25) is 0 Å². The van der Waals surface area contributed by atoms with E-state index in [9.17, 15) is 4.79 Å². The van der Waals surface area contributed by atoms with E-state index in [-0.39, 0.29) is 5.92 Å². The standard InChI is InChI=1S/C18H30N4O/c1-14-4-3-5-16(12-14)20-18(23)15-6-9-22(10-7-15)13-17-19-8-11-21(17)2/h8,11,14-16H,3-7,9-10,12-13H2,1-2H3,(H,20,23)/t14-,16+/m1/s1. The number of piperidine rings is 1. The molecule has 1 N–H and O–H groups in total. The van der Waals surface area contributed by atoms with Crippen LogP contribution in [0.5, 0.6) is 0 Å². The number of imidazole rings is 1. The summed E-state index contributed by atoms with van der Waals surface area (Å²) < 4.78 is 2.07. The molecular formula is C18H30N4O. The average molecular weight is 318 g/mol. The molecule has 5 nitrogen and oxygen atoms in total. The molecule has 0 radical (unpaired) electrons. The molecule has 128 valence electrons. The molecule has 1 saturated carbocycles. The van der Waals surface area contributed by atoms with Gasteiger partial charge in [0, 0.05) is 31.4 Å². The lowest BCUT2D eigenvalue weighted by Gasteiger charge is -2.33. The number of nitrogens with zero attached hydrogens (tertiary/aromatic N) is 3. The largest absolute Gasteiger partial charge is 0.353 e. The molecule has 2 fully saturated rings. The van der Waals surface area contributed by atoms with Crippen LogP contribution in [0.25, 0.3) is 0 Å². The van der Waals surface area contributed by atoms with Crippen LogP contribution in [0.15, 0.2) is 12.4 Å². The fraction of sp³-hybridized carbons (Fsp3) is 0.778. The highest BCUT2D eigenvalue weighted by atomic mass is 16.1. The Morgan fingerprint density at radius 3 is 2.74 bits per heavy atom. The Kier molecular flexibility index (Phi) is 5.36. The third kappa shape index (κ3) is 4.34. The number of carbonyl (C=O) groups excluding carboxylic acids is 1. The lowest BCUT2D eigenvalue weighted by molar-refractivity contribution is -0.127. The molecular weight excluding hydrogens is 288 g/mol. The molecule has 2 aliphatic rings. The number of likely N-dealkylation sites (tertiary alicyclic amines) is 1. The maximum absolute atomic E-state index is 12.5. The number of rotatable bonds is 4. The summed E-state index contributed by atoms with van der Waals surface area (Å²) in [6.07, 6.45) is 10.7. The van der Waals surface area contributed by atoms with Gasteiger partial charge in [0.15, 0.2) is 0 Å². The molecule has 3 rings (SSSR count). The van der Waals surface area contributed by atoms with E-state index in [1.807, 2.05) is 19.4 Å². The molecule has 1 aromatic rings. The van der Waals surface area contributed by atoms with Crippen molar-refractivity contribution >= 4 is 5.91 Å². The van der Waals surface area contributed by atoms with Crippen LogP contribution in [0.4, 0.5) is 0 Å². The lowest BCUT2D eigenvalue weighted by atomic mass is 9.86. The molecule has 1 amide bonds. The minimum atomic E-state index is 0.199. The Hall–Kier alpha value is -1.36. The van der Waals surface area contributed by atoms with E-state index in [0.717, 1.165) is 57.1 Å². The average Bonchev–Trinajstić information content (AvgIpc) is 2.93. The molecule has 0 spiro atoms. The van der Waals surface area contributed by atoms with E-state index in [4.69, 9.17) is 0 Å². The van der Waals surface area contributed by atoms with Crippen LogP contribution < -0.4 is 5.32 Å². The number of hydrogen-bond donors (Lipinski definition) is 1. The Balaban J connectivity index is 1.43. The van der Waals surface area contributed by atoms with Gasteiger partial charge in [0.1, 0.15) is 5.82 Å². The zero-order chi connectivity index (χ0) is 16.2. The summed E-state index contributed by atoms with van der Waals surface area (Å²) in [6.45, 7) is 5.17. The van der Waals surface area contributed by atoms with Gasteiger partial charge in [0.05, 0.1) is 6.54 Å². The minimum absolute atomic E-state index is 0.199. The number of carbonyl (C=O) groups is 1. The van der Waals surface area contributed by atoms with Crippen molar-refractivity contribution in [3.8, 4) is 0 Å². The Labute approximate surface area is 139 Å². The molecule has 0 bridgehead atoms. The summed E-state index contributed by atoms with van der Waals surface area (Å²) in [6, 6.07) is 0.414. The summed E-state index contributed by atoms with van der Waals surface area (Å²) in [5, 5.41) is 3.31. The maximum atomic E-state index is 12.5. The van der Waals surface area contributed by atoms with Crippen molar-refractivity contribution in [1.29, 1.82) is 0 Å². The third-order valence-electron chi connectivity index (χ3n) is 5.53. The Bertz CT molecular complexity index is 519. The summed E-state index contributed by atoms with van der Waals surface area (Å²) in [4.78, 5) is 19.3. The number of aromatic nitrogens is 2. The zero-order valence-electron chi connectivity index (χ0n) is 14.5. The van der Waals surface area contributed by atoms with Gasteiger partial charge in [0.2, 0.25) is 5.91 Å². The van der Waals surface area contributed by atoms with Gasteiger partial charge < -0.3 is 9.88 Å². The maximum Gasteiger partial charge on any atom is 0.223 e. The number of aryl methyl sites for hydroxylation is 1. The first-order valence-electron chi connectivity index (χ1n) is 9.10. The molecule has 1 aliphatic carbocycles. The minimum Gasteiger partial charge on any atom is -0.353 e. The van der Waals surface area contributed by atoms with Gasteiger partial charge in [-0.15, -0.1) is 0 Å². The van der Waals surface area contributed by atoms with Gasteiger partial charge in [-0.3, -0.25) is 9.69 Å². The Morgan fingerprint density at radius 2 is 2.09 bits per heavy atom. The van der Waals surface area contributed by atoms with Crippen molar-refractivity contribution in [1.82, 2.24) is 19.8 Å². The molecule has 0 aromatic carbocycles. The molecule has 2 atom stereocenters. The van der Waals surface area contributed by atoms with Crippen LogP contribution in [-0.4, -0.2) is 39.5 Å². The van der Waals surface area contributed by atoms with Crippen molar-refractivity contribution in [2.75, 3.05) is 13.1 Å². The fourth-order valence-corrected chi connectivity index (χ4v) is 3.99. The van der Waals surface area contributed by atoms with E-state index in [2.05, 4.69) is 26.7 Å². The summed E-state index contributed by atoms with van der Waals surface area (Å²) in [5.74, 6) is 2.35. The van der Waals surface area contributed by atoms with Crippen LogP contribution in [-0.2, 0) is 18.4 Å². The summed E-state index contributed by atoms with van der Waals surface area (Å²) >= 11 is 0. The van der Waals surface area contributed by atoms with E-state index in [1.54, 1.807) is 0 Å². The first kappa shape index (κ1) is 16.5. The van der Waals surface area contributed by atoms with Crippen molar-refractivity contribution in [3.63, 3.8) is 0 Å². The highest BCUT2D eigenvalue weighted by Gasteiger charge is 2.28. The van der Waals surface area contributed by atoms with Gasteiger partial charge in [0.25, 0.3) is 0 Å². The molecule has 5 heteroatoms. The third-order valence-corrected chi connectivity index (χ3v) is 5.53. The Morgan fingerprint density at radius 1 is 1.30 bits per heavy atom. The highest BCUT2D eigenvalue weighted by Crippen LogP contribution is 2.25. The van der Waals surface area contributed by atoms with Crippen LogP contribution >= 0.6 is 0 Å². The molecule has 2 heterocycles. The normalized spacial score (nSPS) is 27.0. The SMILES string of the molecule is C[C@@H]1CCC[C@H](NC(=O)C2CCN(Cc3nccn3C)CC2)C1. The second kappa shape index (κ2) is 7.47. The van der Waals surface area contributed by atoms with Gasteiger partial charge in [-0.05, 0) is 44.7 Å². The molecule has 1 aromatic heterocycles. The first-order chi connectivity index (χ1) is 11.1. The van der Waals surface area contributed by atoms with Crippen molar-refractivity contribution in [2.45, 2.75) is 58.0 Å². The number of hydrogen-bond acceptors (Lipinski definition) is 3.